The summed E-state index contributed by atoms with van der Waals surface area (Å²) in [7, 11) is 0. The summed E-state index contributed by atoms with van der Waals surface area (Å²) >= 11 is 1.31. The maximum atomic E-state index is 12.7. The van der Waals surface area contributed by atoms with Crippen molar-refractivity contribution in [1.82, 2.24) is 9.97 Å². The number of hydrogen-bond donors (Lipinski definition) is 1. The summed E-state index contributed by atoms with van der Waals surface area (Å²) in [6.45, 7) is 3.65. The standard InChI is InChI=1S/C20H15N3O3S/c1-11-8-17(24)26-16-9-14(5-6-15(11)16)23-19(25)18-12(2)22-20(27-18)13-4-3-7-21-10-13/h3-10H,1-2H3,(H,23,25). The van der Waals surface area contributed by atoms with E-state index in [1.54, 1.807) is 31.5 Å². The van der Waals surface area contributed by atoms with Gasteiger partial charge < -0.3 is 9.73 Å². The van der Waals surface area contributed by atoms with E-state index >= 15 is 0 Å². The number of fused-ring (bicyclic) bond motifs is 1. The van der Waals surface area contributed by atoms with Crippen LogP contribution < -0.4 is 10.9 Å². The van der Waals surface area contributed by atoms with Crippen molar-refractivity contribution >= 4 is 33.9 Å². The Morgan fingerprint density at radius 1 is 1.19 bits per heavy atom. The minimum atomic E-state index is -0.414. The molecule has 0 atom stereocenters. The Bertz CT molecular complexity index is 1210. The van der Waals surface area contributed by atoms with Crippen LogP contribution in [-0.4, -0.2) is 15.9 Å². The molecule has 0 aliphatic carbocycles. The molecule has 3 heterocycles. The van der Waals surface area contributed by atoms with Crippen LogP contribution in [0.25, 0.3) is 21.5 Å². The third-order valence-corrected chi connectivity index (χ3v) is 5.33. The molecule has 4 rings (SSSR count). The largest absolute Gasteiger partial charge is 0.423 e. The number of aryl methyl sites for hydroxylation is 2. The Hall–Kier alpha value is -3.32. The second kappa shape index (κ2) is 6.77. The Balaban J connectivity index is 1.64. The second-order valence-corrected chi connectivity index (χ2v) is 7.09. The molecule has 7 heteroatoms. The molecule has 0 spiro atoms. The molecule has 0 aliphatic heterocycles. The Morgan fingerprint density at radius 3 is 2.81 bits per heavy atom. The number of benzene rings is 1. The zero-order valence-corrected chi connectivity index (χ0v) is 15.5. The van der Waals surface area contributed by atoms with Gasteiger partial charge >= 0.3 is 5.63 Å². The van der Waals surface area contributed by atoms with Gasteiger partial charge in [-0.25, -0.2) is 9.78 Å². The number of nitrogens with one attached hydrogen (secondary N) is 1. The van der Waals surface area contributed by atoms with Crippen molar-refractivity contribution in [2.75, 3.05) is 5.32 Å². The first-order valence-corrected chi connectivity index (χ1v) is 9.06. The van der Waals surface area contributed by atoms with Crippen LogP contribution in [0.1, 0.15) is 20.9 Å². The molecule has 3 aromatic heterocycles. The zero-order chi connectivity index (χ0) is 19.0. The number of carbonyl (C=O) groups excluding carboxylic acids is 1. The number of thiazole rings is 1. The quantitative estimate of drug-likeness (QED) is 0.541. The summed E-state index contributed by atoms with van der Waals surface area (Å²) in [5.41, 5.74) is 2.93. The second-order valence-electron chi connectivity index (χ2n) is 6.09. The van der Waals surface area contributed by atoms with E-state index < -0.39 is 5.63 Å². The van der Waals surface area contributed by atoms with Crippen LogP contribution in [0.5, 0.6) is 0 Å². The summed E-state index contributed by atoms with van der Waals surface area (Å²) in [4.78, 5) is 33.4. The van der Waals surface area contributed by atoms with Crippen molar-refractivity contribution in [2.24, 2.45) is 0 Å². The number of nitrogens with zero attached hydrogens (tertiary/aromatic N) is 2. The third-order valence-electron chi connectivity index (χ3n) is 4.12. The van der Waals surface area contributed by atoms with Gasteiger partial charge in [-0.15, -0.1) is 11.3 Å². The smallest absolute Gasteiger partial charge is 0.336 e. The number of hydrogen-bond acceptors (Lipinski definition) is 6. The molecule has 27 heavy (non-hydrogen) atoms. The van der Waals surface area contributed by atoms with Crippen molar-refractivity contribution in [3.63, 3.8) is 0 Å². The van der Waals surface area contributed by atoms with E-state index in [-0.39, 0.29) is 5.91 Å². The van der Waals surface area contributed by atoms with Gasteiger partial charge in [0, 0.05) is 41.2 Å². The van der Waals surface area contributed by atoms with Gasteiger partial charge in [0.2, 0.25) is 0 Å². The minimum absolute atomic E-state index is 0.255. The number of pyridine rings is 1. The van der Waals surface area contributed by atoms with Crippen LogP contribution in [0, 0.1) is 13.8 Å². The Morgan fingerprint density at radius 2 is 2.04 bits per heavy atom. The topological polar surface area (TPSA) is 85.1 Å². The lowest BCUT2D eigenvalue weighted by Gasteiger charge is -2.06. The lowest BCUT2D eigenvalue weighted by Crippen LogP contribution is -2.11. The van der Waals surface area contributed by atoms with Gasteiger partial charge in [0.05, 0.1) is 5.69 Å². The van der Waals surface area contributed by atoms with Crippen LogP contribution >= 0.6 is 11.3 Å². The first-order valence-electron chi connectivity index (χ1n) is 8.25. The van der Waals surface area contributed by atoms with Crippen molar-refractivity contribution in [1.29, 1.82) is 0 Å². The average molecular weight is 377 g/mol. The molecule has 0 fully saturated rings. The van der Waals surface area contributed by atoms with E-state index in [4.69, 9.17) is 4.42 Å². The summed E-state index contributed by atoms with van der Waals surface area (Å²) in [6.07, 6.45) is 3.41. The van der Waals surface area contributed by atoms with Crippen LogP contribution in [0.3, 0.4) is 0 Å². The van der Waals surface area contributed by atoms with E-state index in [1.165, 1.54) is 17.4 Å². The highest BCUT2D eigenvalue weighted by Gasteiger charge is 2.17. The Kier molecular flexibility index (Phi) is 4.29. The first-order chi connectivity index (χ1) is 13.0. The van der Waals surface area contributed by atoms with E-state index in [1.807, 2.05) is 25.1 Å². The number of carbonyl (C=O) groups is 1. The van der Waals surface area contributed by atoms with Gasteiger partial charge in [0.1, 0.15) is 15.5 Å². The maximum absolute atomic E-state index is 12.7. The molecule has 134 valence electrons. The fraction of sp³-hybridized carbons (Fsp3) is 0.100. The van der Waals surface area contributed by atoms with Crippen molar-refractivity contribution in [3.8, 4) is 10.6 Å². The fourth-order valence-electron chi connectivity index (χ4n) is 2.81. The molecule has 0 saturated heterocycles. The monoisotopic (exact) mass is 377 g/mol. The van der Waals surface area contributed by atoms with E-state index in [0.717, 1.165) is 21.5 Å². The van der Waals surface area contributed by atoms with Crippen molar-refractivity contribution < 1.29 is 9.21 Å². The zero-order valence-electron chi connectivity index (χ0n) is 14.6. The van der Waals surface area contributed by atoms with Gasteiger partial charge in [-0.2, -0.15) is 0 Å². The molecule has 0 bridgehead atoms. The average Bonchev–Trinajstić information content (AvgIpc) is 3.04. The lowest BCUT2D eigenvalue weighted by atomic mass is 10.1. The predicted octanol–water partition coefficient (Wildman–Crippen LogP) is 4.18. The minimum Gasteiger partial charge on any atom is -0.423 e. The summed E-state index contributed by atoms with van der Waals surface area (Å²) in [5.74, 6) is -0.255. The molecule has 0 saturated carbocycles. The van der Waals surface area contributed by atoms with E-state index in [0.29, 0.717) is 21.8 Å². The van der Waals surface area contributed by atoms with Gasteiger partial charge in [-0.1, -0.05) is 0 Å². The van der Waals surface area contributed by atoms with Crippen LogP contribution in [0.4, 0.5) is 5.69 Å². The normalized spacial score (nSPS) is 10.9. The SMILES string of the molecule is Cc1nc(-c2cccnc2)sc1C(=O)Nc1ccc2c(C)cc(=O)oc2c1. The lowest BCUT2D eigenvalue weighted by molar-refractivity contribution is 0.103. The van der Waals surface area contributed by atoms with Gasteiger partial charge in [-0.3, -0.25) is 9.78 Å². The van der Waals surface area contributed by atoms with Crippen molar-refractivity contribution in [3.05, 3.63) is 75.3 Å². The molecule has 6 nitrogen and oxygen atoms in total. The number of aromatic nitrogens is 2. The summed E-state index contributed by atoms with van der Waals surface area (Å²) in [5, 5.41) is 4.42. The van der Waals surface area contributed by atoms with Gasteiger partial charge in [0.15, 0.2) is 0 Å². The molecule has 1 amide bonds. The molecule has 0 radical (unpaired) electrons. The number of rotatable bonds is 3. The maximum Gasteiger partial charge on any atom is 0.336 e. The highest BCUT2D eigenvalue weighted by Crippen LogP contribution is 2.28. The number of anilines is 1. The third kappa shape index (κ3) is 3.37. The summed E-state index contributed by atoms with van der Waals surface area (Å²) in [6, 6.07) is 10.4. The van der Waals surface area contributed by atoms with Crippen LogP contribution in [0.15, 0.2) is 58.0 Å². The van der Waals surface area contributed by atoms with E-state index in [9.17, 15) is 9.59 Å². The van der Waals surface area contributed by atoms with Crippen molar-refractivity contribution in [2.45, 2.75) is 13.8 Å². The van der Waals surface area contributed by atoms with E-state index in [2.05, 4.69) is 15.3 Å². The fourth-order valence-corrected chi connectivity index (χ4v) is 3.76. The molecular weight excluding hydrogens is 362 g/mol. The summed E-state index contributed by atoms with van der Waals surface area (Å²) < 4.78 is 5.23. The molecule has 0 unspecified atom stereocenters. The van der Waals surface area contributed by atoms with Gasteiger partial charge in [0.25, 0.3) is 5.91 Å². The van der Waals surface area contributed by atoms with Crippen LogP contribution in [0.2, 0.25) is 0 Å². The predicted molar refractivity (Wildman–Crippen MR) is 105 cm³/mol. The molecule has 1 N–H and O–H groups in total. The molecule has 4 aromatic rings. The van der Waals surface area contributed by atoms with Crippen LogP contribution in [-0.2, 0) is 0 Å². The first kappa shape index (κ1) is 17.1. The molecule has 1 aromatic carbocycles. The Labute approximate surface area is 158 Å². The molecule has 0 aliphatic rings. The highest BCUT2D eigenvalue weighted by molar-refractivity contribution is 7.17. The van der Waals surface area contributed by atoms with Gasteiger partial charge in [-0.05, 0) is 43.7 Å². The molecular formula is C20H15N3O3S. The highest BCUT2D eigenvalue weighted by atomic mass is 32.1. The number of amides is 1.